The highest BCUT2D eigenvalue weighted by Gasteiger charge is 2.23. The second-order valence-corrected chi connectivity index (χ2v) is 6.91. The number of methoxy groups -OCH3 is 1. The normalized spacial score (nSPS) is 14.5. The third-order valence-corrected chi connectivity index (χ3v) is 4.96. The van der Waals surface area contributed by atoms with Gasteiger partial charge in [-0.05, 0) is 11.6 Å². The molecule has 0 unspecified atom stereocenters. The molecule has 0 aliphatic carbocycles. The van der Waals surface area contributed by atoms with E-state index in [9.17, 15) is 9.59 Å². The van der Waals surface area contributed by atoms with Crippen LogP contribution in [0, 0.1) is 0 Å². The van der Waals surface area contributed by atoms with Crippen molar-refractivity contribution in [2.75, 3.05) is 39.8 Å². The Hall–Kier alpha value is -2.86. The van der Waals surface area contributed by atoms with Crippen molar-refractivity contribution in [3.8, 4) is 5.75 Å². The van der Waals surface area contributed by atoms with Crippen molar-refractivity contribution in [1.82, 2.24) is 15.1 Å². The van der Waals surface area contributed by atoms with Crippen LogP contribution < -0.4 is 10.1 Å². The third kappa shape index (κ3) is 5.57. The van der Waals surface area contributed by atoms with E-state index in [-0.39, 0.29) is 11.8 Å². The maximum absolute atomic E-state index is 12.6. The first-order valence-corrected chi connectivity index (χ1v) is 9.58. The highest BCUT2D eigenvalue weighted by atomic mass is 16.5. The Balaban J connectivity index is 1.41. The zero-order chi connectivity index (χ0) is 19.8. The van der Waals surface area contributed by atoms with E-state index in [1.54, 1.807) is 7.11 Å². The number of hydrogen-bond donors (Lipinski definition) is 1. The Bertz CT molecular complexity index is 787. The Morgan fingerprint density at radius 2 is 1.64 bits per heavy atom. The predicted molar refractivity (Wildman–Crippen MR) is 108 cm³/mol. The molecule has 0 spiro atoms. The number of ether oxygens (including phenoxy) is 1. The lowest BCUT2D eigenvalue weighted by Crippen LogP contribution is -2.51. The van der Waals surface area contributed by atoms with Crippen LogP contribution in [0.2, 0.25) is 0 Å². The van der Waals surface area contributed by atoms with Crippen LogP contribution >= 0.6 is 0 Å². The van der Waals surface area contributed by atoms with Gasteiger partial charge in [-0.15, -0.1) is 0 Å². The minimum atomic E-state index is 0.0117. The van der Waals surface area contributed by atoms with Gasteiger partial charge in [0, 0.05) is 38.3 Å². The molecule has 0 saturated carbocycles. The quantitative estimate of drug-likeness (QED) is 0.793. The monoisotopic (exact) mass is 381 g/mol. The fourth-order valence-corrected chi connectivity index (χ4v) is 3.33. The standard InChI is InChI=1S/C22H27N3O3/c1-28-20-10-6-5-9-19(20)15-22(27)25-13-11-24(12-14-25)17-21(26)23-16-18-7-3-2-4-8-18/h2-10H,11-17H2,1H3,(H,23,26). The Kier molecular flexibility index (Phi) is 7.03. The fourth-order valence-electron chi connectivity index (χ4n) is 3.33. The number of carbonyl (C=O) groups excluding carboxylic acids is 2. The first kappa shape index (κ1) is 19.9. The lowest BCUT2D eigenvalue weighted by Gasteiger charge is -2.34. The number of carbonyl (C=O) groups is 2. The molecule has 1 saturated heterocycles. The molecule has 2 aromatic rings. The summed E-state index contributed by atoms with van der Waals surface area (Å²) in [6.45, 7) is 3.59. The van der Waals surface area contributed by atoms with Gasteiger partial charge in [-0.25, -0.2) is 0 Å². The second kappa shape index (κ2) is 9.90. The van der Waals surface area contributed by atoms with E-state index in [0.717, 1.165) is 16.9 Å². The molecule has 1 aliphatic heterocycles. The number of amides is 2. The first-order valence-electron chi connectivity index (χ1n) is 9.58. The van der Waals surface area contributed by atoms with Gasteiger partial charge in [-0.3, -0.25) is 14.5 Å². The zero-order valence-electron chi connectivity index (χ0n) is 16.3. The van der Waals surface area contributed by atoms with Crippen LogP contribution in [-0.2, 0) is 22.6 Å². The fraction of sp³-hybridized carbons (Fsp3) is 0.364. The molecular formula is C22H27N3O3. The van der Waals surface area contributed by atoms with Crippen molar-refractivity contribution in [3.05, 3.63) is 65.7 Å². The second-order valence-electron chi connectivity index (χ2n) is 6.91. The first-order chi connectivity index (χ1) is 13.7. The van der Waals surface area contributed by atoms with Crippen molar-refractivity contribution >= 4 is 11.8 Å². The van der Waals surface area contributed by atoms with Crippen LogP contribution in [0.3, 0.4) is 0 Å². The molecule has 3 rings (SSSR count). The molecule has 1 aliphatic rings. The molecule has 0 aromatic heterocycles. The Labute approximate surface area is 166 Å². The van der Waals surface area contributed by atoms with Crippen molar-refractivity contribution < 1.29 is 14.3 Å². The van der Waals surface area contributed by atoms with Gasteiger partial charge in [-0.2, -0.15) is 0 Å². The molecule has 1 N–H and O–H groups in total. The van der Waals surface area contributed by atoms with E-state index < -0.39 is 0 Å². The van der Waals surface area contributed by atoms with Gasteiger partial charge in [0.1, 0.15) is 5.75 Å². The molecule has 1 fully saturated rings. The van der Waals surface area contributed by atoms with E-state index in [2.05, 4.69) is 10.2 Å². The molecule has 0 radical (unpaired) electrons. The third-order valence-electron chi connectivity index (χ3n) is 4.96. The van der Waals surface area contributed by atoms with Crippen LogP contribution in [0.25, 0.3) is 0 Å². The summed E-state index contributed by atoms with van der Waals surface area (Å²) in [4.78, 5) is 28.7. The molecule has 28 heavy (non-hydrogen) atoms. The lowest BCUT2D eigenvalue weighted by atomic mass is 10.1. The van der Waals surface area contributed by atoms with Gasteiger partial charge >= 0.3 is 0 Å². The molecule has 0 bridgehead atoms. The number of piperazine rings is 1. The smallest absolute Gasteiger partial charge is 0.234 e. The number of rotatable bonds is 7. The number of nitrogens with zero attached hydrogens (tertiary/aromatic N) is 2. The average molecular weight is 381 g/mol. The Morgan fingerprint density at radius 3 is 2.36 bits per heavy atom. The molecule has 0 atom stereocenters. The molecule has 2 aromatic carbocycles. The molecule has 2 amide bonds. The summed E-state index contributed by atoms with van der Waals surface area (Å²) in [6, 6.07) is 17.5. The van der Waals surface area contributed by atoms with Gasteiger partial charge in [0.25, 0.3) is 0 Å². The minimum absolute atomic E-state index is 0.0117. The van der Waals surface area contributed by atoms with Gasteiger partial charge in [0.15, 0.2) is 0 Å². The highest BCUT2D eigenvalue weighted by molar-refractivity contribution is 5.80. The zero-order valence-corrected chi connectivity index (χ0v) is 16.3. The summed E-state index contributed by atoms with van der Waals surface area (Å²) < 4.78 is 5.33. The van der Waals surface area contributed by atoms with Crippen molar-refractivity contribution in [2.45, 2.75) is 13.0 Å². The van der Waals surface area contributed by atoms with Crippen molar-refractivity contribution in [2.24, 2.45) is 0 Å². The van der Waals surface area contributed by atoms with Crippen LogP contribution in [0.1, 0.15) is 11.1 Å². The average Bonchev–Trinajstić information content (AvgIpc) is 2.74. The number of hydrogen-bond acceptors (Lipinski definition) is 4. The van der Waals surface area contributed by atoms with E-state index in [4.69, 9.17) is 4.74 Å². The van der Waals surface area contributed by atoms with E-state index in [0.29, 0.717) is 45.7 Å². The van der Waals surface area contributed by atoms with Gasteiger partial charge < -0.3 is 15.0 Å². The molecule has 1 heterocycles. The van der Waals surface area contributed by atoms with Crippen molar-refractivity contribution in [1.29, 1.82) is 0 Å². The van der Waals surface area contributed by atoms with E-state index in [1.807, 2.05) is 59.5 Å². The largest absolute Gasteiger partial charge is 0.496 e. The number of benzene rings is 2. The van der Waals surface area contributed by atoms with Gasteiger partial charge in [0.2, 0.25) is 11.8 Å². The maximum atomic E-state index is 12.6. The summed E-state index contributed by atoms with van der Waals surface area (Å²) in [5.41, 5.74) is 1.99. The summed E-state index contributed by atoms with van der Waals surface area (Å²) in [5, 5.41) is 2.95. The topological polar surface area (TPSA) is 61.9 Å². The van der Waals surface area contributed by atoms with Crippen molar-refractivity contribution in [3.63, 3.8) is 0 Å². The summed E-state index contributed by atoms with van der Waals surface area (Å²) in [5.74, 6) is 0.847. The van der Waals surface area contributed by atoms with Gasteiger partial charge in [-0.1, -0.05) is 48.5 Å². The number of nitrogens with one attached hydrogen (secondary N) is 1. The predicted octanol–water partition coefficient (Wildman–Crippen LogP) is 1.70. The Morgan fingerprint density at radius 1 is 0.964 bits per heavy atom. The van der Waals surface area contributed by atoms with Gasteiger partial charge in [0.05, 0.1) is 20.1 Å². The molecule has 148 valence electrons. The minimum Gasteiger partial charge on any atom is -0.496 e. The number of para-hydroxylation sites is 1. The van der Waals surface area contributed by atoms with Crippen LogP contribution in [-0.4, -0.2) is 61.4 Å². The highest BCUT2D eigenvalue weighted by Crippen LogP contribution is 2.18. The lowest BCUT2D eigenvalue weighted by molar-refractivity contribution is -0.132. The van der Waals surface area contributed by atoms with Crippen LogP contribution in [0.5, 0.6) is 5.75 Å². The molecule has 6 heteroatoms. The van der Waals surface area contributed by atoms with Crippen LogP contribution in [0.15, 0.2) is 54.6 Å². The summed E-state index contributed by atoms with van der Waals surface area (Å²) in [7, 11) is 1.62. The van der Waals surface area contributed by atoms with E-state index >= 15 is 0 Å². The molecular weight excluding hydrogens is 354 g/mol. The molecule has 6 nitrogen and oxygen atoms in total. The SMILES string of the molecule is COc1ccccc1CC(=O)N1CCN(CC(=O)NCc2ccccc2)CC1. The maximum Gasteiger partial charge on any atom is 0.234 e. The summed E-state index contributed by atoms with van der Waals surface area (Å²) in [6.07, 6.45) is 0.335. The summed E-state index contributed by atoms with van der Waals surface area (Å²) >= 11 is 0. The van der Waals surface area contributed by atoms with E-state index in [1.165, 1.54) is 0 Å². The van der Waals surface area contributed by atoms with Crippen LogP contribution in [0.4, 0.5) is 0 Å².